The van der Waals surface area contributed by atoms with Gasteiger partial charge in [0.2, 0.25) is 0 Å². The Bertz CT molecular complexity index is 278. The molecule has 22 heavy (non-hydrogen) atoms. The lowest BCUT2D eigenvalue weighted by atomic mass is 9.98. The average molecular weight is 312 g/mol. The zero-order chi connectivity index (χ0) is 16.0. The molecule has 0 saturated carbocycles. The second-order valence-corrected chi connectivity index (χ2v) is 6.71. The van der Waals surface area contributed by atoms with Gasteiger partial charge in [0.05, 0.1) is 25.7 Å². The van der Waals surface area contributed by atoms with Crippen molar-refractivity contribution in [3.05, 3.63) is 0 Å². The summed E-state index contributed by atoms with van der Waals surface area (Å²) in [5.41, 5.74) is 0. The van der Waals surface area contributed by atoms with Gasteiger partial charge in [0.15, 0.2) is 0 Å². The Balaban J connectivity index is 1.97. The lowest BCUT2D eigenvalue weighted by Crippen LogP contribution is -2.29. The summed E-state index contributed by atoms with van der Waals surface area (Å²) in [5.74, 6) is -0.145. The second-order valence-electron chi connectivity index (χ2n) is 6.71. The molecule has 3 nitrogen and oxygen atoms in total. The zero-order valence-electron chi connectivity index (χ0n) is 14.8. The van der Waals surface area contributed by atoms with Crippen LogP contribution < -0.4 is 0 Å². The van der Waals surface area contributed by atoms with E-state index in [4.69, 9.17) is 9.47 Å². The first-order chi connectivity index (χ1) is 10.8. The van der Waals surface area contributed by atoms with Gasteiger partial charge in [-0.25, -0.2) is 0 Å². The molecule has 130 valence electrons. The fourth-order valence-corrected chi connectivity index (χ4v) is 3.30. The number of hydrogen-bond acceptors (Lipinski definition) is 3. The van der Waals surface area contributed by atoms with Crippen molar-refractivity contribution in [3.8, 4) is 0 Å². The summed E-state index contributed by atoms with van der Waals surface area (Å²) in [5, 5.41) is 0. The SMILES string of the molecule is CCCCCCCCCCCC1CCCC(CC(=O)OC)O1. The largest absolute Gasteiger partial charge is 0.469 e. The predicted octanol–water partition coefficient (Wildman–Crippen LogP) is 5.41. The Morgan fingerprint density at radius 2 is 1.55 bits per heavy atom. The standard InChI is InChI=1S/C19H36O3/c1-3-4-5-6-7-8-9-10-11-13-17-14-12-15-18(22-17)16-19(20)21-2/h17-18H,3-16H2,1-2H3. The van der Waals surface area contributed by atoms with E-state index in [2.05, 4.69) is 6.92 Å². The van der Waals surface area contributed by atoms with E-state index in [-0.39, 0.29) is 12.1 Å². The molecule has 1 aliphatic heterocycles. The normalized spacial score (nSPS) is 21.7. The number of rotatable bonds is 12. The van der Waals surface area contributed by atoms with Crippen molar-refractivity contribution in [1.29, 1.82) is 0 Å². The Labute approximate surface area is 137 Å². The smallest absolute Gasteiger partial charge is 0.308 e. The highest BCUT2D eigenvalue weighted by Crippen LogP contribution is 2.25. The van der Waals surface area contributed by atoms with Crippen LogP contribution in [-0.2, 0) is 14.3 Å². The fraction of sp³-hybridized carbons (Fsp3) is 0.947. The van der Waals surface area contributed by atoms with E-state index in [1.165, 1.54) is 71.3 Å². The van der Waals surface area contributed by atoms with Gasteiger partial charge >= 0.3 is 5.97 Å². The molecule has 2 atom stereocenters. The summed E-state index contributed by atoms with van der Waals surface area (Å²) in [6, 6.07) is 0. The highest BCUT2D eigenvalue weighted by molar-refractivity contribution is 5.69. The number of hydrogen-bond donors (Lipinski definition) is 0. The Hall–Kier alpha value is -0.570. The van der Waals surface area contributed by atoms with Gasteiger partial charge in [-0.2, -0.15) is 0 Å². The van der Waals surface area contributed by atoms with Gasteiger partial charge in [0.1, 0.15) is 0 Å². The molecule has 0 amide bonds. The fourth-order valence-electron chi connectivity index (χ4n) is 3.30. The predicted molar refractivity (Wildman–Crippen MR) is 91.0 cm³/mol. The van der Waals surface area contributed by atoms with E-state index in [0.29, 0.717) is 12.5 Å². The van der Waals surface area contributed by atoms with E-state index in [9.17, 15) is 4.79 Å². The first-order valence-corrected chi connectivity index (χ1v) is 9.48. The topological polar surface area (TPSA) is 35.5 Å². The van der Waals surface area contributed by atoms with E-state index < -0.39 is 0 Å². The van der Waals surface area contributed by atoms with Crippen molar-refractivity contribution >= 4 is 5.97 Å². The van der Waals surface area contributed by atoms with Crippen LogP contribution in [-0.4, -0.2) is 25.3 Å². The lowest BCUT2D eigenvalue weighted by Gasteiger charge is -2.29. The van der Waals surface area contributed by atoms with Gasteiger partial charge in [0, 0.05) is 0 Å². The Kier molecular flexibility index (Phi) is 11.4. The number of carbonyl (C=O) groups excluding carboxylic acids is 1. The first kappa shape index (κ1) is 19.5. The molecule has 0 aromatic rings. The minimum absolute atomic E-state index is 0.0877. The second kappa shape index (κ2) is 12.9. The molecule has 1 rings (SSSR count). The number of methoxy groups -OCH3 is 1. The third-order valence-corrected chi connectivity index (χ3v) is 4.69. The Morgan fingerprint density at radius 1 is 0.955 bits per heavy atom. The maximum Gasteiger partial charge on any atom is 0.308 e. The van der Waals surface area contributed by atoms with Gasteiger partial charge in [0.25, 0.3) is 0 Å². The first-order valence-electron chi connectivity index (χ1n) is 9.48. The summed E-state index contributed by atoms with van der Waals surface area (Å²) in [4.78, 5) is 11.3. The molecule has 0 aliphatic carbocycles. The molecule has 0 spiro atoms. The van der Waals surface area contributed by atoms with Gasteiger partial charge < -0.3 is 9.47 Å². The van der Waals surface area contributed by atoms with Crippen LogP contribution in [0.15, 0.2) is 0 Å². The van der Waals surface area contributed by atoms with Crippen molar-refractivity contribution in [2.24, 2.45) is 0 Å². The molecule has 3 heteroatoms. The van der Waals surface area contributed by atoms with Crippen LogP contribution in [0.25, 0.3) is 0 Å². The van der Waals surface area contributed by atoms with Gasteiger partial charge in [-0.15, -0.1) is 0 Å². The third kappa shape index (κ3) is 9.45. The maximum absolute atomic E-state index is 11.3. The summed E-state index contributed by atoms with van der Waals surface area (Å²) in [7, 11) is 1.45. The molecule has 2 unspecified atom stereocenters. The molecule has 0 N–H and O–H groups in total. The molecular formula is C19H36O3. The van der Waals surface area contributed by atoms with Crippen molar-refractivity contribution in [3.63, 3.8) is 0 Å². The van der Waals surface area contributed by atoms with Crippen LogP contribution in [0.3, 0.4) is 0 Å². The highest BCUT2D eigenvalue weighted by Gasteiger charge is 2.24. The van der Waals surface area contributed by atoms with Crippen molar-refractivity contribution < 1.29 is 14.3 Å². The summed E-state index contributed by atoms with van der Waals surface area (Å²) < 4.78 is 10.8. The van der Waals surface area contributed by atoms with Crippen molar-refractivity contribution in [1.82, 2.24) is 0 Å². The van der Waals surface area contributed by atoms with Crippen LogP contribution >= 0.6 is 0 Å². The maximum atomic E-state index is 11.3. The van der Waals surface area contributed by atoms with Crippen LogP contribution in [0.4, 0.5) is 0 Å². The number of carbonyl (C=O) groups is 1. The Morgan fingerprint density at radius 3 is 2.18 bits per heavy atom. The van der Waals surface area contributed by atoms with Crippen molar-refractivity contribution in [2.45, 2.75) is 109 Å². The number of unbranched alkanes of at least 4 members (excludes halogenated alkanes) is 8. The monoisotopic (exact) mass is 312 g/mol. The molecule has 1 aliphatic rings. The molecule has 1 saturated heterocycles. The minimum atomic E-state index is -0.145. The minimum Gasteiger partial charge on any atom is -0.469 e. The molecule has 0 aromatic heterocycles. The summed E-state index contributed by atoms with van der Waals surface area (Å²) in [6.07, 6.45) is 17.7. The molecule has 0 aromatic carbocycles. The van der Waals surface area contributed by atoms with E-state index in [1.54, 1.807) is 0 Å². The van der Waals surface area contributed by atoms with Gasteiger partial charge in [-0.1, -0.05) is 64.7 Å². The van der Waals surface area contributed by atoms with E-state index in [1.807, 2.05) is 0 Å². The third-order valence-electron chi connectivity index (χ3n) is 4.69. The van der Waals surface area contributed by atoms with E-state index >= 15 is 0 Å². The quantitative estimate of drug-likeness (QED) is 0.357. The number of ether oxygens (including phenoxy) is 2. The highest BCUT2D eigenvalue weighted by atomic mass is 16.5. The molecular weight excluding hydrogens is 276 g/mol. The molecule has 0 bridgehead atoms. The zero-order valence-corrected chi connectivity index (χ0v) is 14.8. The van der Waals surface area contributed by atoms with Gasteiger partial charge in [-0.05, 0) is 25.7 Å². The van der Waals surface area contributed by atoms with E-state index in [0.717, 1.165) is 19.3 Å². The average Bonchev–Trinajstić information content (AvgIpc) is 2.53. The molecule has 1 heterocycles. The lowest BCUT2D eigenvalue weighted by molar-refractivity contribution is -0.147. The van der Waals surface area contributed by atoms with Crippen molar-refractivity contribution in [2.75, 3.05) is 7.11 Å². The molecule has 1 fully saturated rings. The molecule has 0 radical (unpaired) electrons. The van der Waals surface area contributed by atoms with Crippen LogP contribution in [0, 0.1) is 0 Å². The van der Waals surface area contributed by atoms with Crippen LogP contribution in [0.5, 0.6) is 0 Å². The van der Waals surface area contributed by atoms with Crippen LogP contribution in [0.1, 0.15) is 96.8 Å². The number of esters is 1. The van der Waals surface area contributed by atoms with Gasteiger partial charge in [-0.3, -0.25) is 4.79 Å². The summed E-state index contributed by atoms with van der Waals surface area (Å²) >= 11 is 0. The van der Waals surface area contributed by atoms with Crippen LogP contribution in [0.2, 0.25) is 0 Å². The summed E-state index contributed by atoms with van der Waals surface area (Å²) in [6.45, 7) is 2.27.